The van der Waals surface area contributed by atoms with Crippen molar-refractivity contribution in [3.05, 3.63) is 28.2 Å². The molecule has 0 atom stereocenters. The zero-order valence-electron chi connectivity index (χ0n) is 6.43. The van der Waals surface area contributed by atoms with Crippen LogP contribution in [0.1, 0.15) is 16.8 Å². The largest absolute Gasteiger partial charge is 0.384 e. The summed E-state index contributed by atoms with van der Waals surface area (Å²) in [6.07, 6.45) is 0.601. The van der Waals surface area contributed by atoms with E-state index < -0.39 is 0 Å². The second-order valence-corrected chi connectivity index (χ2v) is 3.71. The van der Waals surface area contributed by atoms with Crippen LogP contribution in [0.5, 0.6) is 0 Å². The summed E-state index contributed by atoms with van der Waals surface area (Å²) in [4.78, 5) is 11.4. The van der Waals surface area contributed by atoms with Crippen molar-refractivity contribution < 1.29 is 4.79 Å². The number of anilines is 1. The van der Waals surface area contributed by atoms with E-state index in [0.717, 1.165) is 22.3 Å². The van der Waals surface area contributed by atoms with Crippen LogP contribution < -0.4 is 5.32 Å². The maximum atomic E-state index is 11.4. The van der Waals surface area contributed by atoms with Crippen LogP contribution >= 0.6 is 15.9 Å². The van der Waals surface area contributed by atoms with Gasteiger partial charge in [0.2, 0.25) is 0 Å². The van der Waals surface area contributed by atoms with E-state index in [2.05, 4.69) is 21.2 Å². The molecule has 62 valence electrons. The van der Waals surface area contributed by atoms with E-state index in [-0.39, 0.29) is 5.78 Å². The summed E-state index contributed by atoms with van der Waals surface area (Å²) in [6, 6.07) is 5.73. The highest BCUT2D eigenvalue weighted by atomic mass is 79.9. The van der Waals surface area contributed by atoms with Crippen molar-refractivity contribution >= 4 is 27.4 Å². The van der Waals surface area contributed by atoms with Gasteiger partial charge in [-0.15, -0.1) is 0 Å². The van der Waals surface area contributed by atoms with Gasteiger partial charge in [0.05, 0.1) is 0 Å². The number of halogens is 1. The Balaban J connectivity index is 2.54. The molecule has 1 N–H and O–H groups in total. The highest BCUT2D eigenvalue weighted by molar-refractivity contribution is 9.10. The Hall–Kier alpha value is -0.830. The van der Waals surface area contributed by atoms with Crippen LogP contribution in [0.15, 0.2) is 22.7 Å². The molecule has 12 heavy (non-hydrogen) atoms. The summed E-state index contributed by atoms with van der Waals surface area (Å²) in [5.41, 5.74) is 1.75. The minimum absolute atomic E-state index is 0.227. The fraction of sp³-hybridized carbons (Fsp3) is 0.222. The zero-order valence-corrected chi connectivity index (χ0v) is 8.02. The first-order valence-corrected chi connectivity index (χ1v) is 4.63. The third-order valence-corrected chi connectivity index (χ3v) is 2.44. The Morgan fingerprint density at radius 1 is 1.42 bits per heavy atom. The lowest BCUT2D eigenvalue weighted by Crippen LogP contribution is -2.17. The molecule has 1 aliphatic heterocycles. The van der Waals surface area contributed by atoms with Gasteiger partial charge in [-0.25, -0.2) is 0 Å². The smallest absolute Gasteiger partial charge is 0.166 e. The molecule has 1 aromatic rings. The molecule has 3 heteroatoms. The second-order valence-electron chi connectivity index (χ2n) is 2.79. The van der Waals surface area contributed by atoms with Crippen molar-refractivity contribution in [3.8, 4) is 0 Å². The van der Waals surface area contributed by atoms with Gasteiger partial charge >= 0.3 is 0 Å². The number of hydrogen-bond acceptors (Lipinski definition) is 2. The molecule has 2 nitrogen and oxygen atoms in total. The number of carbonyl (C=O) groups is 1. The fourth-order valence-corrected chi connectivity index (χ4v) is 1.71. The average Bonchev–Trinajstić information content (AvgIpc) is 2.07. The first-order chi connectivity index (χ1) is 5.77. The zero-order chi connectivity index (χ0) is 8.55. The topological polar surface area (TPSA) is 29.1 Å². The van der Waals surface area contributed by atoms with Gasteiger partial charge in [-0.05, 0) is 18.2 Å². The van der Waals surface area contributed by atoms with E-state index in [0.29, 0.717) is 6.42 Å². The molecular weight excluding hydrogens is 218 g/mol. The van der Waals surface area contributed by atoms with Crippen molar-refractivity contribution in [2.45, 2.75) is 6.42 Å². The van der Waals surface area contributed by atoms with Gasteiger partial charge in [0.25, 0.3) is 0 Å². The average molecular weight is 226 g/mol. The Kier molecular flexibility index (Phi) is 1.89. The summed E-state index contributed by atoms with van der Waals surface area (Å²) in [7, 11) is 0. The van der Waals surface area contributed by atoms with E-state index in [4.69, 9.17) is 0 Å². The summed E-state index contributed by atoms with van der Waals surface area (Å²) >= 11 is 3.34. The number of nitrogens with one attached hydrogen (secondary N) is 1. The minimum atomic E-state index is 0.227. The first kappa shape index (κ1) is 7.80. The predicted molar refractivity (Wildman–Crippen MR) is 51.6 cm³/mol. The van der Waals surface area contributed by atoms with Crippen molar-refractivity contribution in [2.24, 2.45) is 0 Å². The molecule has 0 aliphatic carbocycles. The van der Waals surface area contributed by atoms with E-state index in [1.165, 1.54) is 0 Å². The van der Waals surface area contributed by atoms with E-state index in [1.54, 1.807) is 0 Å². The number of hydrogen-bond donors (Lipinski definition) is 1. The second kappa shape index (κ2) is 2.90. The van der Waals surface area contributed by atoms with Crippen molar-refractivity contribution in [1.82, 2.24) is 0 Å². The molecule has 2 rings (SSSR count). The number of Topliss-reactive ketones (excluding diaryl/α,β-unsaturated/α-hetero) is 1. The van der Waals surface area contributed by atoms with Gasteiger partial charge in [0.15, 0.2) is 5.78 Å². The molecule has 1 heterocycles. The maximum Gasteiger partial charge on any atom is 0.166 e. The SMILES string of the molecule is O=C1CCNc2ccc(Br)cc21. The Morgan fingerprint density at radius 3 is 3.08 bits per heavy atom. The summed E-state index contributed by atoms with van der Waals surface area (Å²) in [6.45, 7) is 0.757. The number of carbonyl (C=O) groups excluding carboxylic acids is 1. The van der Waals surface area contributed by atoms with Crippen LogP contribution in [0.2, 0.25) is 0 Å². The van der Waals surface area contributed by atoms with Gasteiger partial charge < -0.3 is 5.32 Å². The molecular formula is C9H8BrNO. The number of rotatable bonds is 0. The van der Waals surface area contributed by atoms with Crippen LogP contribution in [0.4, 0.5) is 5.69 Å². The molecule has 0 fully saturated rings. The number of fused-ring (bicyclic) bond motifs is 1. The van der Waals surface area contributed by atoms with Gasteiger partial charge in [-0.2, -0.15) is 0 Å². The molecule has 0 radical (unpaired) electrons. The standard InChI is InChI=1S/C9H8BrNO/c10-6-1-2-8-7(5-6)9(12)3-4-11-8/h1-2,5,11H,3-4H2. The fourth-order valence-electron chi connectivity index (χ4n) is 1.35. The highest BCUT2D eigenvalue weighted by Gasteiger charge is 2.15. The van der Waals surface area contributed by atoms with E-state index in [9.17, 15) is 4.79 Å². The minimum Gasteiger partial charge on any atom is -0.384 e. The van der Waals surface area contributed by atoms with Crippen molar-refractivity contribution in [2.75, 3.05) is 11.9 Å². The summed E-state index contributed by atoms with van der Waals surface area (Å²) < 4.78 is 0.957. The van der Waals surface area contributed by atoms with Crippen molar-refractivity contribution in [3.63, 3.8) is 0 Å². The molecule has 0 saturated heterocycles. The summed E-state index contributed by atoms with van der Waals surface area (Å²) in [5.74, 6) is 0.227. The Labute approximate surface area is 79.1 Å². The molecule has 0 amide bonds. The maximum absolute atomic E-state index is 11.4. The molecule has 0 spiro atoms. The van der Waals surface area contributed by atoms with Crippen molar-refractivity contribution in [1.29, 1.82) is 0 Å². The lowest BCUT2D eigenvalue weighted by atomic mass is 10.0. The highest BCUT2D eigenvalue weighted by Crippen LogP contribution is 2.24. The monoisotopic (exact) mass is 225 g/mol. The van der Waals surface area contributed by atoms with Gasteiger partial charge in [0, 0.05) is 28.7 Å². The molecule has 1 aromatic carbocycles. The lowest BCUT2D eigenvalue weighted by molar-refractivity contribution is 0.0983. The van der Waals surface area contributed by atoms with E-state index in [1.807, 2.05) is 18.2 Å². The predicted octanol–water partition coefficient (Wildman–Crippen LogP) is 2.45. The van der Waals surface area contributed by atoms with Crippen LogP contribution in [0.3, 0.4) is 0 Å². The van der Waals surface area contributed by atoms with Crippen LogP contribution in [0.25, 0.3) is 0 Å². The third kappa shape index (κ3) is 1.25. The van der Waals surface area contributed by atoms with Crippen LogP contribution in [-0.2, 0) is 0 Å². The first-order valence-electron chi connectivity index (χ1n) is 3.84. The summed E-state index contributed by atoms with van der Waals surface area (Å²) in [5, 5.41) is 3.18. The van der Waals surface area contributed by atoms with Gasteiger partial charge in [-0.3, -0.25) is 4.79 Å². The molecule has 0 bridgehead atoms. The van der Waals surface area contributed by atoms with E-state index >= 15 is 0 Å². The normalized spacial score (nSPS) is 15.2. The third-order valence-electron chi connectivity index (χ3n) is 1.95. The number of benzene rings is 1. The molecule has 0 aromatic heterocycles. The van der Waals surface area contributed by atoms with Crippen LogP contribution in [0, 0.1) is 0 Å². The lowest BCUT2D eigenvalue weighted by Gasteiger charge is -2.16. The Bertz CT molecular complexity index is 335. The molecule has 0 unspecified atom stereocenters. The molecule has 1 aliphatic rings. The quantitative estimate of drug-likeness (QED) is 0.736. The molecule has 0 saturated carbocycles. The van der Waals surface area contributed by atoms with Gasteiger partial charge in [0.1, 0.15) is 0 Å². The Morgan fingerprint density at radius 2 is 2.25 bits per heavy atom. The van der Waals surface area contributed by atoms with Crippen LogP contribution in [-0.4, -0.2) is 12.3 Å². The van der Waals surface area contributed by atoms with Gasteiger partial charge in [-0.1, -0.05) is 15.9 Å². The number of ketones is 1.